The lowest BCUT2D eigenvalue weighted by Gasteiger charge is -2.40. The summed E-state index contributed by atoms with van der Waals surface area (Å²) in [6.45, 7) is 9.95. The van der Waals surface area contributed by atoms with Crippen molar-refractivity contribution in [2.24, 2.45) is 11.3 Å². The van der Waals surface area contributed by atoms with Crippen LogP contribution in [0, 0.1) is 11.3 Å². The molecule has 1 N–H and O–H groups in total. The molecule has 2 unspecified atom stereocenters. The normalized spacial score (nSPS) is 34.3. The van der Waals surface area contributed by atoms with Crippen LogP contribution in [0.2, 0.25) is 0 Å². The zero-order valence-electron chi connectivity index (χ0n) is 12.5. The van der Waals surface area contributed by atoms with Crippen molar-refractivity contribution in [2.75, 3.05) is 53.4 Å². The Bertz CT molecular complexity index is 248. The number of rotatable bonds is 5. The van der Waals surface area contributed by atoms with Gasteiger partial charge in [-0.25, -0.2) is 0 Å². The van der Waals surface area contributed by atoms with Gasteiger partial charge in [-0.1, -0.05) is 6.92 Å². The first-order valence-electron chi connectivity index (χ1n) is 7.71. The summed E-state index contributed by atoms with van der Waals surface area (Å²) in [7, 11) is 4.57. The zero-order valence-corrected chi connectivity index (χ0v) is 12.5. The average Bonchev–Trinajstić information content (AvgIpc) is 2.75. The number of likely N-dealkylation sites (tertiary alicyclic amines) is 1. The van der Waals surface area contributed by atoms with E-state index in [9.17, 15) is 0 Å². The monoisotopic (exact) mass is 253 g/mol. The van der Waals surface area contributed by atoms with Crippen LogP contribution in [0.5, 0.6) is 0 Å². The predicted octanol–water partition coefficient (Wildman–Crippen LogP) is 1.65. The van der Waals surface area contributed by atoms with Gasteiger partial charge in [-0.05, 0) is 64.2 Å². The second-order valence-corrected chi connectivity index (χ2v) is 6.75. The minimum absolute atomic E-state index is 0.539. The molecule has 0 aromatic rings. The van der Waals surface area contributed by atoms with E-state index >= 15 is 0 Å². The fraction of sp³-hybridized carbons (Fsp3) is 1.00. The van der Waals surface area contributed by atoms with E-state index in [0.29, 0.717) is 5.41 Å². The van der Waals surface area contributed by atoms with Crippen LogP contribution < -0.4 is 5.32 Å². The maximum atomic E-state index is 3.60. The molecule has 2 rings (SSSR count). The van der Waals surface area contributed by atoms with Crippen LogP contribution in [0.4, 0.5) is 0 Å². The largest absolute Gasteiger partial charge is 0.316 e. The molecular weight excluding hydrogens is 222 g/mol. The summed E-state index contributed by atoms with van der Waals surface area (Å²) in [5.74, 6) is 0.894. The van der Waals surface area contributed by atoms with Gasteiger partial charge in [0, 0.05) is 26.2 Å². The smallest absolute Gasteiger partial charge is 0.00471 e. The molecule has 0 radical (unpaired) electrons. The van der Waals surface area contributed by atoms with Gasteiger partial charge in [-0.15, -0.1) is 0 Å². The van der Waals surface area contributed by atoms with E-state index in [1.54, 1.807) is 0 Å². The van der Waals surface area contributed by atoms with Crippen LogP contribution in [0.25, 0.3) is 0 Å². The molecule has 2 atom stereocenters. The highest BCUT2D eigenvalue weighted by molar-refractivity contribution is 4.87. The van der Waals surface area contributed by atoms with Crippen molar-refractivity contribution < 1.29 is 0 Å². The Kier molecular flexibility index (Phi) is 5.05. The standard InChI is InChI=1S/C15H31N3/c1-4-15(7-5-8-16-12-15)13-18(3)11-14-6-9-17(2)10-14/h14,16H,4-13H2,1-3H3. The van der Waals surface area contributed by atoms with Gasteiger partial charge in [0.25, 0.3) is 0 Å². The first-order valence-corrected chi connectivity index (χ1v) is 7.71. The summed E-state index contributed by atoms with van der Waals surface area (Å²) >= 11 is 0. The van der Waals surface area contributed by atoms with Crippen molar-refractivity contribution in [2.45, 2.75) is 32.6 Å². The molecule has 0 aromatic heterocycles. The van der Waals surface area contributed by atoms with E-state index in [1.807, 2.05) is 0 Å². The number of hydrogen-bond donors (Lipinski definition) is 1. The van der Waals surface area contributed by atoms with E-state index in [2.05, 4.69) is 36.1 Å². The molecule has 3 heteroatoms. The topological polar surface area (TPSA) is 18.5 Å². The Morgan fingerprint density at radius 2 is 2.28 bits per heavy atom. The zero-order chi connectivity index (χ0) is 13.0. The summed E-state index contributed by atoms with van der Waals surface area (Å²) in [5.41, 5.74) is 0.539. The van der Waals surface area contributed by atoms with Crippen LogP contribution in [0.1, 0.15) is 32.6 Å². The Labute approximate surface area is 113 Å². The van der Waals surface area contributed by atoms with Crippen LogP contribution in [0.3, 0.4) is 0 Å². The maximum absolute atomic E-state index is 3.60. The molecular formula is C15H31N3. The summed E-state index contributed by atoms with van der Waals surface area (Å²) in [6.07, 6.45) is 5.46. The van der Waals surface area contributed by atoms with Gasteiger partial charge in [0.2, 0.25) is 0 Å². The number of nitrogens with one attached hydrogen (secondary N) is 1. The quantitative estimate of drug-likeness (QED) is 0.804. The third-order valence-corrected chi connectivity index (χ3v) is 4.97. The minimum atomic E-state index is 0.539. The first-order chi connectivity index (χ1) is 8.63. The summed E-state index contributed by atoms with van der Waals surface area (Å²) < 4.78 is 0. The molecule has 2 aliphatic heterocycles. The van der Waals surface area contributed by atoms with Crippen molar-refractivity contribution in [3.05, 3.63) is 0 Å². The molecule has 2 aliphatic rings. The summed E-state index contributed by atoms with van der Waals surface area (Å²) in [6, 6.07) is 0. The lowest BCUT2D eigenvalue weighted by atomic mass is 9.78. The van der Waals surface area contributed by atoms with Crippen LogP contribution in [-0.2, 0) is 0 Å². The number of piperidine rings is 1. The van der Waals surface area contributed by atoms with Gasteiger partial charge in [0.05, 0.1) is 0 Å². The Morgan fingerprint density at radius 3 is 2.83 bits per heavy atom. The Morgan fingerprint density at radius 1 is 1.44 bits per heavy atom. The fourth-order valence-electron chi connectivity index (χ4n) is 3.83. The number of nitrogens with zero attached hydrogens (tertiary/aromatic N) is 2. The average molecular weight is 253 g/mol. The Hall–Kier alpha value is -0.120. The third-order valence-electron chi connectivity index (χ3n) is 4.97. The first kappa shape index (κ1) is 14.3. The highest BCUT2D eigenvalue weighted by Gasteiger charge is 2.32. The van der Waals surface area contributed by atoms with E-state index in [4.69, 9.17) is 0 Å². The Balaban J connectivity index is 1.79. The highest BCUT2D eigenvalue weighted by atomic mass is 15.2. The van der Waals surface area contributed by atoms with Crippen LogP contribution in [0.15, 0.2) is 0 Å². The molecule has 0 amide bonds. The van der Waals surface area contributed by atoms with Gasteiger partial charge >= 0.3 is 0 Å². The van der Waals surface area contributed by atoms with E-state index in [0.717, 1.165) is 5.92 Å². The van der Waals surface area contributed by atoms with Gasteiger partial charge in [-0.3, -0.25) is 0 Å². The van der Waals surface area contributed by atoms with Crippen LogP contribution in [-0.4, -0.2) is 63.2 Å². The summed E-state index contributed by atoms with van der Waals surface area (Å²) in [4.78, 5) is 5.07. The molecule has 0 spiro atoms. The maximum Gasteiger partial charge on any atom is 0.00471 e. The van der Waals surface area contributed by atoms with Crippen molar-refractivity contribution in [1.29, 1.82) is 0 Å². The van der Waals surface area contributed by atoms with Crippen molar-refractivity contribution in [3.63, 3.8) is 0 Å². The SMILES string of the molecule is CCC1(CN(C)CC2CCN(C)C2)CCCNC1. The lowest BCUT2D eigenvalue weighted by Crippen LogP contribution is -2.47. The molecule has 106 valence electrons. The van der Waals surface area contributed by atoms with Crippen molar-refractivity contribution >= 4 is 0 Å². The van der Waals surface area contributed by atoms with Gasteiger partial charge in [0.15, 0.2) is 0 Å². The molecule has 0 aliphatic carbocycles. The van der Waals surface area contributed by atoms with Gasteiger partial charge in [-0.2, -0.15) is 0 Å². The summed E-state index contributed by atoms with van der Waals surface area (Å²) in [5, 5.41) is 3.60. The molecule has 18 heavy (non-hydrogen) atoms. The predicted molar refractivity (Wildman–Crippen MR) is 77.9 cm³/mol. The van der Waals surface area contributed by atoms with E-state index in [-0.39, 0.29) is 0 Å². The second kappa shape index (κ2) is 6.36. The molecule has 0 saturated carbocycles. The molecule has 0 aromatic carbocycles. The molecule has 0 bridgehead atoms. The lowest BCUT2D eigenvalue weighted by molar-refractivity contribution is 0.118. The van der Waals surface area contributed by atoms with Crippen molar-refractivity contribution in [3.8, 4) is 0 Å². The molecule has 2 fully saturated rings. The highest BCUT2D eigenvalue weighted by Crippen LogP contribution is 2.31. The molecule has 3 nitrogen and oxygen atoms in total. The number of hydrogen-bond acceptors (Lipinski definition) is 3. The van der Waals surface area contributed by atoms with Crippen LogP contribution >= 0.6 is 0 Å². The molecule has 2 saturated heterocycles. The molecule has 2 heterocycles. The third kappa shape index (κ3) is 3.69. The van der Waals surface area contributed by atoms with E-state index in [1.165, 1.54) is 65.0 Å². The van der Waals surface area contributed by atoms with E-state index < -0.39 is 0 Å². The van der Waals surface area contributed by atoms with Gasteiger partial charge in [0.1, 0.15) is 0 Å². The second-order valence-electron chi connectivity index (χ2n) is 6.75. The minimum Gasteiger partial charge on any atom is -0.316 e. The van der Waals surface area contributed by atoms with Crippen molar-refractivity contribution in [1.82, 2.24) is 15.1 Å². The fourth-order valence-corrected chi connectivity index (χ4v) is 3.83. The van der Waals surface area contributed by atoms with Gasteiger partial charge < -0.3 is 15.1 Å².